The van der Waals surface area contributed by atoms with Crippen molar-refractivity contribution >= 4 is 17.0 Å². The number of aryl methyl sites for hydroxylation is 1. The second-order valence-electron chi connectivity index (χ2n) is 6.32. The van der Waals surface area contributed by atoms with Crippen LogP contribution in [0, 0.1) is 0 Å². The lowest BCUT2D eigenvalue weighted by Gasteiger charge is -2.16. The highest BCUT2D eigenvalue weighted by molar-refractivity contribution is 5.81. The van der Waals surface area contributed by atoms with Gasteiger partial charge in [-0.1, -0.05) is 24.3 Å². The van der Waals surface area contributed by atoms with Gasteiger partial charge in [-0.2, -0.15) is 0 Å². The molecular formula is C20H20N2O2. The standard InChI is InChI=1S/C20H20N2O2/c23-20(24-18-9-8-15-10-11-21-19(15)13-18)22-17-7-3-6-14-4-1-2-5-16(14)12-17/h1-2,4-5,8-11,13,17,21H,3,6-7,12H2,(H,22,23). The second kappa shape index (κ2) is 6.40. The molecule has 2 aromatic carbocycles. The van der Waals surface area contributed by atoms with Gasteiger partial charge in [0.05, 0.1) is 0 Å². The summed E-state index contributed by atoms with van der Waals surface area (Å²) in [5.41, 5.74) is 3.68. The quantitative estimate of drug-likeness (QED) is 0.695. The van der Waals surface area contributed by atoms with Crippen LogP contribution in [-0.4, -0.2) is 17.1 Å². The summed E-state index contributed by atoms with van der Waals surface area (Å²) >= 11 is 0. The fraction of sp³-hybridized carbons (Fsp3) is 0.250. The van der Waals surface area contributed by atoms with Crippen LogP contribution in [0.5, 0.6) is 5.75 Å². The van der Waals surface area contributed by atoms with E-state index in [1.807, 2.05) is 30.5 Å². The van der Waals surface area contributed by atoms with Crippen LogP contribution in [0.15, 0.2) is 54.7 Å². The van der Waals surface area contributed by atoms with Gasteiger partial charge in [-0.25, -0.2) is 4.79 Å². The van der Waals surface area contributed by atoms with Crippen LogP contribution in [0.2, 0.25) is 0 Å². The fourth-order valence-corrected chi connectivity index (χ4v) is 3.42. The van der Waals surface area contributed by atoms with Crippen molar-refractivity contribution in [3.8, 4) is 5.75 Å². The summed E-state index contributed by atoms with van der Waals surface area (Å²) in [4.78, 5) is 15.4. The van der Waals surface area contributed by atoms with E-state index in [1.165, 1.54) is 11.1 Å². The summed E-state index contributed by atoms with van der Waals surface area (Å²) in [5.74, 6) is 0.552. The van der Waals surface area contributed by atoms with Crippen LogP contribution in [0.1, 0.15) is 24.0 Å². The minimum absolute atomic E-state index is 0.121. The van der Waals surface area contributed by atoms with Crippen LogP contribution in [0.4, 0.5) is 4.79 Å². The third-order valence-corrected chi connectivity index (χ3v) is 4.64. The predicted octanol–water partition coefficient (Wildman–Crippen LogP) is 4.20. The summed E-state index contributed by atoms with van der Waals surface area (Å²) in [6, 6.07) is 16.2. The second-order valence-corrected chi connectivity index (χ2v) is 6.32. The zero-order valence-corrected chi connectivity index (χ0v) is 13.4. The van der Waals surface area contributed by atoms with Gasteiger partial charge in [0.15, 0.2) is 0 Å². The number of benzene rings is 2. The summed E-state index contributed by atoms with van der Waals surface area (Å²) < 4.78 is 5.45. The molecule has 0 bridgehead atoms. The van der Waals surface area contributed by atoms with Crippen LogP contribution in [0.25, 0.3) is 10.9 Å². The molecular weight excluding hydrogens is 300 g/mol. The molecule has 1 unspecified atom stereocenters. The van der Waals surface area contributed by atoms with Gasteiger partial charge < -0.3 is 15.0 Å². The number of H-pyrrole nitrogens is 1. The number of hydrogen-bond acceptors (Lipinski definition) is 2. The maximum atomic E-state index is 12.2. The van der Waals surface area contributed by atoms with Crippen molar-refractivity contribution in [3.05, 3.63) is 65.9 Å². The highest BCUT2D eigenvalue weighted by Crippen LogP contribution is 2.22. The lowest BCUT2D eigenvalue weighted by atomic mass is 10.0. The lowest BCUT2D eigenvalue weighted by molar-refractivity contribution is 0.195. The van der Waals surface area contributed by atoms with Gasteiger partial charge in [0.1, 0.15) is 5.75 Å². The number of aromatic amines is 1. The molecule has 1 atom stereocenters. The maximum Gasteiger partial charge on any atom is 0.412 e. The van der Waals surface area contributed by atoms with E-state index >= 15 is 0 Å². The van der Waals surface area contributed by atoms with E-state index in [0.717, 1.165) is 36.6 Å². The Labute approximate surface area is 140 Å². The smallest absolute Gasteiger partial charge is 0.410 e. The number of hydrogen-bond donors (Lipinski definition) is 2. The summed E-state index contributed by atoms with van der Waals surface area (Å²) in [6.07, 6.45) is 5.48. The van der Waals surface area contributed by atoms with E-state index in [2.05, 4.69) is 34.6 Å². The van der Waals surface area contributed by atoms with E-state index in [0.29, 0.717) is 5.75 Å². The van der Waals surface area contributed by atoms with Crippen molar-refractivity contribution in [1.29, 1.82) is 0 Å². The largest absolute Gasteiger partial charge is 0.412 e. The molecule has 4 heteroatoms. The van der Waals surface area contributed by atoms with E-state index in [1.54, 1.807) is 0 Å². The predicted molar refractivity (Wildman–Crippen MR) is 94.3 cm³/mol. The van der Waals surface area contributed by atoms with Crippen LogP contribution < -0.4 is 10.1 Å². The maximum absolute atomic E-state index is 12.2. The van der Waals surface area contributed by atoms with Crippen LogP contribution in [0.3, 0.4) is 0 Å². The molecule has 4 rings (SSSR count). The Hall–Kier alpha value is -2.75. The average molecular weight is 320 g/mol. The van der Waals surface area contributed by atoms with Crippen molar-refractivity contribution in [3.63, 3.8) is 0 Å². The number of carbonyl (C=O) groups excluding carboxylic acids is 1. The Morgan fingerprint density at radius 1 is 1.12 bits per heavy atom. The Kier molecular flexibility index (Phi) is 3.95. The topological polar surface area (TPSA) is 54.1 Å². The van der Waals surface area contributed by atoms with Gasteiger partial charge in [0, 0.05) is 23.8 Å². The van der Waals surface area contributed by atoms with E-state index < -0.39 is 0 Å². The molecule has 0 aliphatic heterocycles. The molecule has 122 valence electrons. The summed E-state index contributed by atoms with van der Waals surface area (Å²) in [7, 11) is 0. The Morgan fingerprint density at radius 3 is 2.92 bits per heavy atom. The Bertz CT molecular complexity index is 869. The zero-order valence-electron chi connectivity index (χ0n) is 13.4. The fourth-order valence-electron chi connectivity index (χ4n) is 3.42. The van der Waals surface area contributed by atoms with Crippen molar-refractivity contribution in [2.45, 2.75) is 31.7 Å². The molecule has 1 aliphatic carbocycles. The number of carbonyl (C=O) groups is 1. The van der Waals surface area contributed by atoms with Crippen LogP contribution >= 0.6 is 0 Å². The molecule has 1 heterocycles. The third-order valence-electron chi connectivity index (χ3n) is 4.64. The molecule has 1 aliphatic rings. The number of fused-ring (bicyclic) bond motifs is 2. The molecule has 0 fully saturated rings. The van der Waals surface area contributed by atoms with Gasteiger partial charge >= 0.3 is 6.09 Å². The van der Waals surface area contributed by atoms with E-state index in [4.69, 9.17) is 4.74 Å². The molecule has 0 radical (unpaired) electrons. The molecule has 0 saturated heterocycles. The van der Waals surface area contributed by atoms with Gasteiger partial charge in [-0.3, -0.25) is 0 Å². The van der Waals surface area contributed by atoms with Gasteiger partial charge in [-0.05, 0) is 60.4 Å². The number of aromatic nitrogens is 1. The molecule has 24 heavy (non-hydrogen) atoms. The van der Waals surface area contributed by atoms with Gasteiger partial charge in [0.2, 0.25) is 0 Å². The summed E-state index contributed by atoms with van der Waals surface area (Å²) in [5, 5.41) is 4.12. The highest BCUT2D eigenvalue weighted by Gasteiger charge is 2.19. The van der Waals surface area contributed by atoms with Crippen molar-refractivity contribution in [2.24, 2.45) is 0 Å². The first-order valence-corrected chi connectivity index (χ1v) is 8.40. The number of amides is 1. The van der Waals surface area contributed by atoms with E-state index in [-0.39, 0.29) is 12.1 Å². The Morgan fingerprint density at radius 2 is 2.00 bits per heavy atom. The first kappa shape index (κ1) is 14.8. The third kappa shape index (κ3) is 3.13. The van der Waals surface area contributed by atoms with Crippen LogP contribution in [-0.2, 0) is 12.8 Å². The molecule has 2 N–H and O–H groups in total. The first-order chi connectivity index (χ1) is 11.8. The molecule has 4 nitrogen and oxygen atoms in total. The lowest BCUT2D eigenvalue weighted by Crippen LogP contribution is -2.38. The Balaban J connectivity index is 1.42. The zero-order chi connectivity index (χ0) is 16.4. The number of ether oxygens (including phenoxy) is 1. The van der Waals surface area contributed by atoms with Gasteiger partial charge in [-0.15, -0.1) is 0 Å². The molecule has 1 amide bonds. The first-order valence-electron chi connectivity index (χ1n) is 8.40. The normalized spacial score (nSPS) is 17.1. The van der Waals surface area contributed by atoms with Crippen molar-refractivity contribution in [2.75, 3.05) is 0 Å². The molecule has 0 saturated carbocycles. The molecule has 1 aromatic heterocycles. The summed E-state index contributed by atoms with van der Waals surface area (Å²) in [6.45, 7) is 0. The SMILES string of the molecule is O=C(NC1CCCc2ccccc2C1)Oc1ccc2cc[nH]c2c1. The minimum atomic E-state index is -0.384. The van der Waals surface area contributed by atoms with E-state index in [9.17, 15) is 4.79 Å². The number of nitrogens with one attached hydrogen (secondary N) is 2. The minimum Gasteiger partial charge on any atom is -0.410 e. The van der Waals surface area contributed by atoms with Gasteiger partial charge in [0.25, 0.3) is 0 Å². The molecule has 0 spiro atoms. The van der Waals surface area contributed by atoms with Crippen molar-refractivity contribution < 1.29 is 9.53 Å². The van der Waals surface area contributed by atoms with Crippen molar-refractivity contribution in [1.82, 2.24) is 10.3 Å². The highest BCUT2D eigenvalue weighted by atomic mass is 16.6. The monoisotopic (exact) mass is 320 g/mol. The molecule has 3 aromatic rings. The number of rotatable bonds is 2. The average Bonchev–Trinajstić information content (AvgIpc) is 2.94.